The molecular formula is C26H29FN6O4S. The molecule has 0 spiro atoms. The number of aryl methyl sites for hydroxylation is 1. The van der Waals surface area contributed by atoms with Crippen LogP contribution < -0.4 is 15.0 Å². The molecule has 200 valence electrons. The fraction of sp³-hybridized carbons (Fsp3) is 0.385. The molecule has 10 nitrogen and oxygen atoms in total. The number of amides is 2. The fourth-order valence-corrected chi connectivity index (χ4v) is 5.30. The Morgan fingerprint density at radius 2 is 1.95 bits per heavy atom. The number of carbonyl (C=O) groups excluding carboxylic acids is 2. The number of benzene rings is 2. The van der Waals surface area contributed by atoms with Crippen molar-refractivity contribution in [3.8, 4) is 5.19 Å². The molecule has 2 aromatic heterocycles. The van der Waals surface area contributed by atoms with E-state index in [9.17, 15) is 14.0 Å². The van der Waals surface area contributed by atoms with Crippen molar-refractivity contribution >= 4 is 55.8 Å². The Morgan fingerprint density at radius 1 is 1.21 bits per heavy atom. The molecular weight excluding hydrogens is 511 g/mol. The summed E-state index contributed by atoms with van der Waals surface area (Å²) in [6.45, 7) is 6.74. The lowest BCUT2D eigenvalue weighted by Gasteiger charge is -2.45. The van der Waals surface area contributed by atoms with Crippen LogP contribution in [0.15, 0.2) is 30.5 Å². The molecule has 0 unspecified atom stereocenters. The van der Waals surface area contributed by atoms with E-state index in [0.717, 1.165) is 10.4 Å². The number of aromatic nitrogens is 3. The summed E-state index contributed by atoms with van der Waals surface area (Å²) in [6, 6.07) is 6.49. The van der Waals surface area contributed by atoms with Gasteiger partial charge in [-0.2, -0.15) is 5.10 Å². The topological polar surface area (TPSA) is 102 Å². The van der Waals surface area contributed by atoms with Gasteiger partial charge in [0.2, 0.25) is 0 Å². The lowest BCUT2D eigenvalue weighted by atomic mass is 10.0. The van der Waals surface area contributed by atoms with Crippen LogP contribution >= 0.6 is 11.3 Å². The first-order valence-corrected chi connectivity index (χ1v) is 12.9. The third-order valence-corrected chi connectivity index (χ3v) is 7.33. The van der Waals surface area contributed by atoms with Crippen molar-refractivity contribution in [2.24, 2.45) is 7.05 Å². The number of ether oxygens (including phenoxy) is 2. The Labute approximate surface area is 222 Å². The molecule has 1 N–H and O–H groups in total. The molecule has 12 heteroatoms. The lowest BCUT2D eigenvalue weighted by molar-refractivity contribution is 0.0197. The molecule has 5 rings (SSSR count). The van der Waals surface area contributed by atoms with E-state index in [2.05, 4.69) is 20.3 Å². The van der Waals surface area contributed by atoms with E-state index < -0.39 is 17.3 Å². The molecule has 38 heavy (non-hydrogen) atoms. The average Bonchev–Trinajstić information content (AvgIpc) is 3.40. The second-order valence-electron chi connectivity index (χ2n) is 10.3. The van der Waals surface area contributed by atoms with Gasteiger partial charge < -0.3 is 24.6 Å². The highest BCUT2D eigenvalue weighted by molar-refractivity contribution is 7.21. The van der Waals surface area contributed by atoms with Gasteiger partial charge in [0, 0.05) is 44.5 Å². The van der Waals surface area contributed by atoms with Gasteiger partial charge in [-0.05, 0) is 45.0 Å². The molecule has 4 aromatic rings. The Balaban J connectivity index is 1.38. The first-order valence-electron chi connectivity index (χ1n) is 12.1. The number of thiazole rings is 1. The van der Waals surface area contributed by atoms with Gasteiger partial charge in [-0.1, -0.05) is 11.3 Å². The van der Waals surface area contributed by atoms with Crippen LogP contribution in [0.1, 0.15) is 31.1 Å². The van der Waals surface area contributed by atoms with Crippen LogP contribution in [-0.4, -0.2) is 70.6 Å². The number of hydrogen-bond acceptors (Lipinski definition) is 8. The molecule has 1 aliphatic heterocycles. The molecule has 1 aliphatic rings. The van der Waals surface area contributed by atoms with Crippen molar-refractivity contribution in [2.75, 3.05) is 37.5 Å². The summed E-state index contributed by atoms with van der Waals surface area (Å²) >= 11 is 1.34. The Bertz CT molecular complexity index is 1550. The van der Waals surface area contributed by atoms with E-state index in [1.807, 2.05) is 26.8 Å². The number of anilines is 2. The number of nitrogens with zero attached hydrogens (tertiary/aromatic N) is 5. The second-order valence-corrected chi connectivity index (χ2v) is 11.3. The maximum Gasteiger partial charge on any atom is 0.410 e. The summed E-state index contributed by atoms with van der Waals surface area (Å²) in [5.74, 6) is -0.929. The number of methoxy groups -OCH3 is 1. The van der Waals surface area contributed by atoms with Crippen LogP contribution in [0.3, 0.4) is 0 Å². The average molecular weight is 541 g/mol. The molecule has 1 saturated heterocycles. The van der Waals surface area contributed by atoms with E-state index in [4.69, 9.17) is 9.47 Å². The van der Waals surface area contributed by atoms with Crippen molar-refractivity contribution in [3.63, 3.8) is 0 Å². The Morgan fingerprint density at radius 3 is 2.63 bits per heavy atom. The highest BCUT2D eigenvalue weighted by Crippen LogP contribution is 2.39. The van der Waals surface area contributed by atoms with Gasteiger partial charge in [0.25, 0.3) is 11.1 Å². The first-order chi connectivity index (χ1) is 17.9. The van der Waals surface area contributed by atoms with E-state index in [1.54, 1.807) is 37.3 Å². The molecule has 0 aliphatic carbocycles. The quantitative estimate of drug-likeness (QED) is 0.394. The Hall–Kier alpha value is -3.93. The zero-order chi connectivity index (χ0) is 27.4. The van der Waals surface area contributed by atoms with Gasteiger partial charge in [0.1, 0.15) is 16.6 Å². The molecule has 0 radical (unpaired) electrons. The number of halogens is 1. The standard InChI is InChI=1S/C26H29FN6O4S/c1-26(2,3)37-25(35)32(5)16-12-33(13-16)19-8-7-17(21-22(19)38-24(29-21)36-6)23(34)28-15-9-14-11-31(4)30-20(14)18(27)10-15/h7-11,16H,12-13H2,1-6H3,(H,28,34). The number of carbonyl (C=O) groups is 2. The van der Waals surface area contributed by atoms with Crippen LogP contribution in [0.2, 0.25) is 0 Å². The number of fused-ring (bicyclic) bond motifs is 2. The van der Waals surface area contributed by atoms with Crippen molar-refractivity contribution in [3.05, 3.63) is 41.8 Å². The number of hydrogen-bond donors (Lipinski definition) is 1. The summed E-state index contributed by atoms with van der Waals surface area (Å²) in [5, 5.41) is 7.89. The maximum absolute atomic E-state index is 14.5. The van der Waals surface area contributed by atoms with E-state index in [-0.39, 0.29) is 17.7 Å². The minimum Gasteiger partial charge on any atom is -0.473 e. The van der Waals surface area contributed by atoms with Crippen LogP contribution in [0.5, 0.6) is 5.19 Å². The normalized spacial score (nSPS) is 14.0. The number of rotatable bonds is 5. The first kappa shape index (κ1) is 25.7. The fourth-order valence-electron chi connectivity index (χ4n) is 4.36. The Kier molecular flexibility index (Phi) is 6.38. The zero-order valence-electron chi connectivity index (χ0n) is 22.0. The lowest BCUT2D eigenvalue weighted by Crippen LogP contribution is -2.60. The highest BCUT2D eigenvalue weighted by atomic mass is 32.1. The zero-order valence-corrected chi connectivity index (χ0v) is 22.9. The van der Waals surface area contributed by atoms with E-state index in [1.165, 1.54) is 29.2 Å². The van der Waals surface area contributed by atoms with Gasteiger partial charge in [0.05, 0.1) is 29.1 Å². The third kappa shape index (κ3) is 4.83. The van der Waals surface area contributed by atoms with Crippen molar-refractivity contribution < 1.29 is 23.5 Å². The van der Waals surface area contributed by atoms with E-state index in [0.29, 0.717) is 40.4 Å². The van der Waals surface area contributed by atoms with Crippen LogP contribution in [-0.2, 0) is 11.8 Å². The number of nitrogens with one attached hydrogen (secondary N) is 1. The van der Waals surface area contributed by atoms with Crippen molar-refractivity contribution in [2.45, 2.75) is 32.4 Å². The maximum atomic E-state index is 14.5. The van der Waals surface area contributed by atoms with Crippen molar-refractivity contribution in [1.29, 1.82) is 0 Å². The predicted molar refractivity (Wildman–Crippen MR) is 145 cm³/mol. The molecule has 3 heterocycles. The molecule has 0 saturated carbocycles. The molecule has 0 atom stereocenters. The highest BCUT2D eigenvalue weighted by Gasteiger charge is 2.36. The monoisotopic (exact) mass is 540 g/mol. The minimum absolute atomic E-state index is 0.00465. The SMILES string of the molecule is COc1nc2c(C(=O)Nc3cc(F)c4nn(C)cc4c3)ccc(N3CC(N(C)C(=O)OC(C)(C)C)C3)c2s1. The molecule has 2 amide bonds. The van der Waals surface area contributed by atoms with Gasteiger partial charge in [0.15, 0.2) is 5.82 Å². The predicted octanol–water partition coefficient (Wildman–Crippen LogP) is 4.64. The summed E-state index contributed by atoms with van der Waals surface area (Å²) in [6.07, 6.45) is 1.33. The van der Waals surface area contributed by atoms with Gasteiger partial charge >= 0.3 is 6.09 Å². The summed E-state index contributed by atoms with van der Waals surface area (Å²) in [4.78, 5) is 34.0. The van der Waals surface area contributed by atoms with Crippen LogP contribution in [0.25, 0.3) is 21.1 Å². The van der Waals surface area contributed by atoms with Gasteiger partial charge in [-0.15, -0.1) is 0 Å². The summed E-state index contributed by atoms with van der Waals surface area (Å²) < 4.78 is 27.7. The van der Waals surface area contributed by atoms with Crippen LogP contribution in [0, 0.1) is 5.82 Å². The smallest absolute Gasteiger partial charge is 0.410 e. The second kappa shape index (κ2) is 9.43. The van der Waals surface area contributed by atoms with Gasteiger partial charge in [-0.25, -0.2) is 14.2 Å². The number of likely N-dealkylation sites (N-methyl/N-ethyl adjacent to an activating group) is 1. The largest absolute Gasteiger partial charge is 0.473 e. The molecule has 1 fully saturated rings. The third-order valence-electron chi connectivity index (χ3n) is 6.29. The van der Waals surface area contributed by atoms with Gasteiger partial charge in [-0.3, -0.25) is 9.48 Å². The van der Waals surface area contributed by atoms with E-state index >= 15 is 0 Å². The summed E-state index contributed by atoms with van der Waals surface area (Å²) in [5.41, 5.74) is 1.74. The molecule has 2 aromatic carbocycles. The van der Waals surface area contributed by atoms with Crippen LogP contribution in [0.4, 0.5) is 20.6 Å². The summed E-state index contributed by atoms with van der Waals surface area (Å²) in [7, 11) is 4.97. The molecule has 0 bridgehead atoms. The van der Waals surface area contributed by atoms with Crippen molar-refractivity contribution in [1.82, 2.24) is 19.7 Å². The minimum atomic E-state index is -0.563.